The van der Waals surface area contributed by atoms with E-state index in [4.69, 9.17) is 14.7 Å². The van der Waals surface area contributed by atoms with Crippen LogP contribution in [0, 0.1) is 11.3 Å². The number of nitrogens with one attached hydrogen (secondary N) is 1. The van der Waals surface area contributed by atoms with E-state index >= 15 is 0 Å². The number of nitriles is 1. The predicted octanol–water partition coefficient (Wildman–Crippen LogP) is 3.93. The minimum Gasteiger partial charge on any atom is -0.489 e. The maximum Gasteiger partial charge on any atom is 0.338 e. The van der Waals surface area contributed by atoms with E-state index in [1.807, 2.05) is 36.4 Å². The van der Waals surface area contributed by atoms with Gasteiger partial charge < -0.3 is 14.8 Å². The van der Waals surface area contributed by atoms with E-state index < -0.39 is 18.5 Å². The van der Waals surface area contributed by atoms with Gasteiger partial charge in [-0.3, -0.25) is 4.79 Å². The molecule has 0 aromatic heterocycles. The molecule has 1 amide bonds. The van der Waals surface area contributed by atoms with E-state index in [1.54, 1.807) is 42.5 Å². The maximum absolute atomic E-state index is 12.1. The molecule has 6 nitrogen and oxygen atoms in total. The number of amides is 1. The van der Waals surface area contributed by atoms with E-state index in [1.165, 1.54) is 6.07 Å². The maximum atomic E-state index is 12.1. The highest BCUT2D eigenvalue weighted by atomic mass is 16.5. The van der Waals surface area contributed by atoms with Gasteiger partial charge in [0.1, 0.15) is 12.4 Å². The van der Waals surface area contributed by atoms with E-state index in [0.29, 0.717) is 23.4 Å². The first kappa shape index (κ1) is 19.6. The van der Waals surface area contributed by atoms with Crippen LogP contribution in [0.3, 0.4) is 0 Å². The van der Waals surface area contributed by atoms with Crippen LogP contribution in [0.15, 0.2) is 78.9 Å². The van der Waals surface area contributed by atoms with Crippen LogP contribution < -0.4 is 10.1 Å². The van der Waals surface area contributed by atoms with E-state index in [0.717, 1.165) is 11.3 Å². The van der Waals surface area contributed by atoms with Crippen LogP contribution in [0.25, 0.3) is 0 Å². The number of hydrogen-bond donors (Lipinski definition) is 1. The molecule has 0 heterocycles. The summed E-state index contributed by atoms with van der Waals surface area (Å²) in [6, 6.07) is 24.7. The third-order valence-corrected chi connectivity index (χ3v) is 3.95. The van der Waals surface area contributed by atoms with E-state index in [2.05, 4.69) is 5.32 Å². The molecule has 0 saturated carbocycles. The molecule has 0 fully saturated rings. The first-order valence-corrected chi connectivity index (χ1v) is 8.88. The molecule has 3 aromatic carbocycles. The molecule has 144 valence electrons. The number of esters is 1. The second kappa shape index (κ2) is 9.72. The molecule has 0 aliphatic rings. The number of rotatable bonds is 7. The van der Waals surface area contributed by atoms with Crippen molar-refractivity contribution in [1.82, 2.24) is 0 Å². The van der Waals surface area contributed by atoms with Crippen molar-refractivity contribution in [3.8, 4) is 11.8 Å². The van der Waals surface area contributed by atoms with Crippen LogP contribution in [0.1, 0.15) is 21.5 Å². The van der Waals surface area contributed by atoms with Gasteiger partial charge in [0.2, 0.25) is 0 Å². The molecular weight excluding hydrogens is 368 g/mol. The summed E-state index contributed by atoms with van der Waals surface area (Å²) in [6.45, 7) is -0.0437. The second-order valence-corrected chi connectivity index (χ2v) is 6.12. The van der Waals surface area contributed by atoms with Crippen LogP contribution in [0.4, 0.5) is 5.69 Å². The zero-order valence-electron chi connectivity index (χ0n) is 15.5. The van der Waals surface area contributed by atoms with Crippen molar-refractivity contribution in [3.05, 3.63) is 95.6 Å². The summed E-state index contributed by atoms with van der Waals surface area (Å²) < 4.78 is 10.7. The largest absolute Gasteiger partial charge is 0.489 e. The van der Waals surface area contributed by atoms with Crippen molar-refractivity contribution in [2.75, 3.05) is 11.9 Å². The monoisotopic (exact) mass is 386 g/mol. The first-order chi connectivity index (χ1) is 14.1. The third-order valence-electron chi connectivity index (χ3n) is 3.95. The van der Waals surface area contributed by atoms with Crippen LogP contribution in [0.2, 0.25) is 0 Å². The molecular formula is C23H18N2O4. The lowest BCUT2D eigenvalue weighted by molar-refractivity contribution is -0.119. The van der Waals surface area contributed by atoms with Gasteiger partial charge in [-0.15, -0.1) is 0 Å². The Hall–Kier alpha value is -4.11. The quantitative estimate of drug-likeness (QED) is 0.622. The standard InChI is InChI=1S/C23H18N2O4/c24-14-18-5-4-6-20(13-18)25-22(26)16-29-23(27)19-11-9-17(10-12-19)15-28-21-7-2-1-3-8-21/h1-13H,15-16H2,(H,25,26). The van der Waals surface area contributed by atoms with Crippen LogP contribution >= 0.6 is 0 Å². The van der Waals surface area contributed by atoms with E-state index in [-0.39, 0.29) is 0 Å². The molecule has 0 saturated heterocycles. The molecule has 0 spiro atoms. The van der Waals surface area contributed by atoms with E-state index in [9.17, 15) is 9.59 Å². The number of ether oxygens (including phenoxy) is 2. The minimum atomic E-state index is -0.596. The molecule has 0 aliphatic carbocycles. The molecule has 29 heavy (non-hydrogen) atoms. The third kappa shape index (κ3) is 5.94. The van der Waals surface area contributed by atoms with Gasteiger partial charge in [-0.05, 0) is 48.0 Å². The van der Waals surface area contributed by atoms with Crippen molar-refractivity contribution < 1.29 is 19.1 Å². The number of hydrogen-bond acceptors (Lipinski definition) is 5. The predicted molar refractivity (Wildman–Crippen MR) is 107 cm³/mol. The summed E-state index contributed by atoms with van der Waals surface area (Å²) in [5.41, 5.74) is 2.14. The van der Waals surface area contributed by atoms with Gasteiger partial charge in [-0.25, -0.2) is 4.79 Å². The highest BCUT2D eigenvalue weighted by Gasteiger charge is 2.11. The SMILES string of the molecule is N#Cc1cccc(NC(=O)COC(=O)c2ccc(COc3ccccc3)cc2)c1. The molecule has 0 atom stereocenters. The number of carbonyl (C=O) groups excluding carboxylic acids is 2. The Balaban J connectivity index is 1.47. The fraction of sp³-hybridized carbons (Fsp3) is 0.0870. The molecule has 6 heteroatoms. The Morgan fingerprint density at radius 1 is 0.931 bits per heavy atom. The van der Waals surface area contributed by atoms with Crippen molar-refractivity contribution in [3.63, 3.8) is 0 Å². The fourth-order valence-electron chi connectivity index (χ4n) is 2.50. The Bertz CT molecular complexity index is 1020. The van der Waals surface area contributed by atoms with Crippen LogP contribution in [-0.2, 0) is 16.1 Å². The zero-order valence-corrected chi connectivity index (χ0v) is 15.5. The number of para-hydroxylation sites is 1. The van der Waals surface area contributed by atoms with Gasteiger partial charge in [0.05, 0.1) is 17.2 Å². The average molecular weight is 386 g/mol. The van der Waals surface area contributed by atoms with Gasteiger partial charge in [0.15, 0.2) is 6.61 Å². The van der Waals surface area contributed by atoms with Crippen molar-refractivity contribution in [2.45, 2.75) is 6.61 Å². The van der Waals surface area contributed by atoms with Gasteiger partial charge in [0.25, 0.3) is 5.91 Å². The van der Waals surface area contributed by atoms with Gasteiger partial charge in [-0.2, -0.15) is 5.26 Å². The zero-order chi connectivity index (χ0) is 20.5. The topological polar surface area (TPSA) is 88.4 Å². The highest BCUT2D eigenvalue weighted by molar-refractivity contribution is 5.95. The molecule has 0 unspecified atom stereocenters. The molecule has 0 bridgehead atoms. The fourth-order valence-corrected chi connectivity index (χ4v) is 2.50. The summed E-state index contributed by atoms with van der Waals surface area (Å²) in [7, 11) is 0. The molecule has 1 N–H and O–H groups in total. The minimum absolute atomic E-state index is 0.340. The lowest BCUT2D eigenvalue weighted by atomic mass is 10.1. The number of benzene rings is 3. The number of anilines is 1. The normalized spacial score (nSPS) is 9.90. The summed E-state index contributed by atoms with van der Waals surface area (Å²) in [4.78, 5) is 24.1. The summed E-state index contributed by atoms with van der Waals surface area (Å²) >= 11 is 0. The van der Waals surface area contributed by atoms with Crippen molar-refractivity contribution >= 4 is 17.6 Å². The molecule has 3 rings (SSSR count). The number of carbonyl (C=O) groups is 2. The summed E-state index contributed by atoms with van der Waals surface area (Å²) in [5.74, 6) is -0.315. The smallest absolute Gasteiger partial charge is 0.338 e. The lowest BCUT2D eigenvalue weighted by Crippen LogP contribution is -2.21. The number of nitrogens with zero attached hydrogens (tertiary/aromatic N) is 1. The van der Waals surface area contributed by atoms with Gasteiger partial charge >= 0.3 is 5.97 Å². The van der Waals surface area contributed by atoms with Gasteiger partial charge in [-0.1, -0.05) is 36.4 Å². The summed E-state index contributed by atoms with van der Waals surface area (Å²) in [6.07, 6.45) is 0. The van der Waals surface area contributed by atoms with Crippen molar-refractivity contribution in [1.29, 1.82) is 5.26 Å². The molecule has 0 radical (unpaired) electrons. The Labute approximate surface area is 168 Å². The molecule has 0 aliphatic heterocycles. The van der Waals surface area contributed by atoms with Crippen LogP contribution in [0.5, 0.6) is 5.75 Å². The van der Waals surface area contributed by atoms with Crippen LogP contribution in [-0.4, -0.2) is 18.5 Å². The summed E-state index contributed by atoms with van der Waals surface area (Å²) in [5, 5.41) is 11.5. The Kier molecular flexibility index (Phi) is 6.58. The first-order valence-electron chi connectivity index (χ1n) is 8.88. The Morgan fingerprint density at radius 3 is 2.41 bits per heavy atom. The highest BCUT2D eigenvalue weighted by Crippen LogP contribution is 2.13. The Morgan fingerprint density at radius 2 is 1.69 bits per heavy atom. The van der Waals surface area contributed by atoms with Crippen molar-refractivity contribution in [2.24, 2.45) is 0 Å². The second-order valence-electron chi connectivity index (χ2n) is 6.12. The van der Waals surface area contributed by atoms with Gasteiger partial charge in [0, 0.05) is 5.69 Å². The lowest BCUT2D eigenvalue weighted by Gasteiger charge is -2.08. The average Bonchev–Trinajstić information content (AvgIpc) is 2.77. The molecule has 3 aromatic rings.